The van der Waals surface area contributed by atoms with Gasteiger partial charge in [-0.25, -0.2) is 0 Å². The molecular formula is C20H29N3O2. The molecule has 5 nitrogen and oxygen atoms in total. The Morgan fingerprint density at radius 3 is 2.36 bits per heavy atom. The molecule has 2 fully saturated rings. The van der Waals surface area contributed by atoms with E-state index in [-0.39, 0.29) is 23.8 Å². The number of hydrogen-bond donors (Lipinski definition) is 1. The van der Waals surface area contributed by atoms with Crippen LogP contribution in [0.25, 0.3) is 0 Å². The molecule has 2 N–H and O–H groups in total. The quantitative estimate of drug-likeness (QED) is 0.861. The van der Waals surface area contributed by atoms with Crippen LogP contribution in [-0.2, 0) is 16.1 Å². The van der Waals surface area contributed by atoms with Gasteiger partial charge in [0, 0.05) is 44.1 Å². The van der Waals surface area contributed by atoms with E-state index in [2.05, 4.69) is 17.0 Å². The van der Waals surface area contributed by atoms with E-state index in [9.17, 15) is 9.59 Å². The molecule has 0 bridgehead atoms. The van der Waals surface area contributed by atoms with Crippen molar-refractivity contribution < 1.29 is 9.59 Å². The second-order valence-electron chi connectivity index (χ2n) is 7.52. The molecule has 1 aromatic carbocycles. The zero-order chi connectivity index (χ0) is 17.8. The second kappa shape index (κ2) is 8.00. The van der Waals surface area contributed by atoms with Crippen molar-refractivity contribution in [2.45, 2.75) is 57.7 Å². The minimum atomic E-state index is -0.108. The van der Waals surface area contributed by atoms with Crippen molar-refractivity contribution in [3.8, 4) is 0 Å². The lowest BCUT2D eigenvalue weighted by atomic mass is 9.94. The van der Waals surface area contributed by atoms with Crippen molar-refractivity contribution in [1.29, 1.82) is 0 Å². The van der Waals surface area contributed by atoms with E-state index in [0.717, 1.165) is 25.7 Å². The summed E-state index contributed by atoms with van der Waals surface area (Å²) in [5.41, 5.74) is 6.91. The first-order valence-electron chi connectivity index (χ1n) is 9.42. The van der Waals surface area contributed by atoms with Crippen molar-refractivity contribution in [3.63, 3.8) is 0 Å². The van der Waals surface area contributed by atoms with Crippen LogP contribution < -0.4 is 5.73 Å². The highest BCUT2D eigenvalue weighted by atomic mass is 16.2. The molecule has 0 aromatic heterocycles. The normalized spacial score (nSPS) is 19.5. The van der Waals surface area contributed by atoms with Gasteiger partial charge in [-0.1, -0.05) is 30.3 Å². The summed E-state index contributed by atoms with van der Waals surface area (Å²) in [6.45, 7) is 3.90. The van der Waals surface area contributed by atoms with E-state index in [1.54, 1.807) is 0 Å². The molecule has 1 saturated carbocycles. The maximum Gasteiger partial charge on any atom is 0.226 e. The Balaban J connectivity index is 1.56. The lowest BCUT2D eigenvalue weighted by Crippen LogP contribution is -2.45. The fourth-order valence-electron chi connectivity index (χ4n) is 3.57. The van der Waals surface area contributed by atoms with Crippen LogP contribution in [0.3, 0.4) is 0 Å². The monoisotopic (exact) mass is 343 g/mol. The van der Waals surface area contributed by atoms with Gasteiger partial charge >= 0.3 is 0 Å². The van der Waals surface area contributed by atoms with Crippen molar-refractivity contribution in [3.05, 3.63) is 35.9 Å². The lowest BCUT2D eigenvalue weighted by molar-refractivity contribution is -0.141. The number of carbonyl (C=O) groups is 2. The minimum absolute atomic E-state index is 0.0451. The first-order valence-corrected chi connectivity index (χ1v) is 9.42. The molecule has 5 heteroatoms. The minimum Gasteiger partial charge on any atom is -0.343 e. The van der Waals surface area contributed by atoms with Gasteiger partial charge in [-0.05, 0) is 38.2 Å². The SMILES string of the molecule is CC(N)CC(=O)N1CCC(C(=O)N(Cc2ccccc2)C2CC2)CC1. The van der Waals surface area contributed by atoms with Crippen molar-refractivity contribution in [1.82, 2.24) is 9.80 Å². The molecule has 1 heterocycles. The molecular weight excluding hydrogens is 314 g/mol. The van der Waals surface area contributed by atoms with Crippen LogP contribution >= 0.6 is 0 Å². The van der Waals surface area contributed by atoms with Gasteiger partial charge in [-0.2, -0.15) is 0 Å². The third-order valence-corrected chi connectivity index (χ3v) is 5.16. The molecule has 1 aliphatic carbocycles. The number of nitrogens with two attached hydrogens (primary N) is 1. The number of benzene rings is 1. The Morgan fingerprint density at radius 1 is 1.16 bits per heavy atom. The summed E-state index contributed by atoms with van der Waals surface area (Å²) < 4.78 is 0. The number of carbonyl (C=O) groups excluding carboxylic acids is 2. The highest BCUT2D eigenvalue weighted by molar-refractivity contribution is 5.81. The fraction of sp³-hybridized carbons (Fsp3) is 0.600. The first kappa shape index (κ1) is 17.9. The lowest BCUT2D eigenvalue weighted by Gasteiger charge is -2.34. The summed E-state index contributed by atoms with van der Waals surface area (Å²) in [4.78, 5) is 29.1. The van der Waals surface area contributed by atoms with Gasteiger partial charge in [-0.15, -0.1) is 0 Å². The number of likely N-dealkylation sites (tertiary alicyclic amines) is 1. The molecule has 1 aromatic rings. The molecule has 3 rings (SSSR count). The highest BCUT2D eigenvalue weighted by Gasteiger charge is 2.37. The van der Waals surface area contributed by atoms with Gasteiger partial charge in [0.15, 0.2) is 0 Å². The van der Waals surface area contributed by atoms with Gasteiger partial charge in [0.05, 0.1) is 0 Å². The topological polar surface area (TPSA) is 66.6 Å². The predicted molar refractivity (Wildman–Crippen MR) is 97.6 cm³/mol. The van der Waals surface area contributed by atoms with Crippen LogP contribution in [0, 0.1) is 5.92 Å². The Morgan fingerprint density at radius 2 is 1.80 bits per heavy atom. The third kappa shape index (κ3) is 4.82. The molecule has 1 aliphatic heterocycles. The summed E-state index contributed by atoms with van der Waals surface area (Å²) in [6, 6.07) is 10.5. The second-order valence-corrected chi connectivity index (χ2v) is 7.52. The van der Waals surface area contributed by atoms with Crippen LogP contribution in [0.15, 0.2) is 30.3 Å². The van der Waals surface area contributed by atoms with Gasteiger partial charge < -0.3 is 15.5 Å². The molecule has 1 saturated heterocycles. The molecule has 1 atom stereocenters. The van der Waals surface area contributed by atoms with Crippen LogP contribution in [-0.4, -0.2) is 46.8 Å². The van der Waals surface area contributed by atoms with E-state index in [1.807, 2.05) is 30.0 Å². The average molecular weight is 343 g/mol. The Bertz CT molecular complexity index is 590. The van der Waals surface area contributed by atoms with E-state index < -0.39 is 0 Å². The predicted octanol–water partition coefficient (Wildman–Crippen LogP) is 2.15. The summed E-state index contributed by atoms with van der Waals surface area (Å²) in [5, 5.41) is 0. The maximum absolute atomic E-state index is 13.0. The van der Waals surface area contributed by atoms with Crippen LogP contribution in [0.5, 0.6) is 0 Å². The molecule has 1 unspecified atom stereocenters. The fourth-order valence-corrected chi connectivity index (χ4v) is 3.57. The van der Waals surface area contributed by atoms with E-state index in [4.69, 9.17) is 5.73 Å². The van der Waals surface area contributed by atoms with Gasteiger partial charge in [0.2, 0.25) is 11.8 Å². The number of piperidine rings is 1. The molecule has 2 aliphatic rings. The summed E-state index contributed by atoms with van der Waals surface area (Å²) in [7, 11) is 0. The maximum atomic E-state index is 13.0. The van der Waals surface area contributed by atoms with Gasteiger partial charge in [0.25, 0.3) is 0 Å². The zero-order valence-electron chi connectivity index (χ0n) is 15.1. The van der Waals surface area contributed by atoms with E-state index in [1.165, 1.54) is 5.56 Å². The van der Waals surface area contributed by atoms with Gasteiger partial charge in [-0.3, -0.25) is 9.59 Å². The van der Waals surface area contributed by atoms with Crippen molar-refractivity contribution in [2.75, 3.05) is 13.1 Å². The van der Waals surface area contributed by atoms with E-state index in [0.29, 0.717) is 32.1 Å². The molecule has 0 radical (unpaired) electrons. The summed E-state index contributed by atoms with van der Waals surface area (Å²) >= 11 is 0. The average Bonchev–Trinajstić information content (AvgIpc) is 3.44. The van der Waals surface area contributed by atoms with Crippen LogP contribution in [0.1, 0.15) is 44.6 Å². The standard InChI is InChI=1S/C20H29N3O2/c1-15(21)13-19(24)22-11-9-17(10-12-22)20(25)23(18-7-8-18)14-16-5-3-2-4-6-16/h2-6,15,17-18H,7-14,21H2,1H3. The van der Waals surface area contributed by atoms with Crippen molar-refractivity contribution in [2.24, 2.45) is 11.7 Å². The Hall–Kier alpha value is -1.88. The number of rotatable bonds is 6. The third-order valence-electron chi connectivity index (χ3n) is 5.16. The Labute approximate surface area is 150 Å². The van der Waals surface area contributed by atoms with Crippen LogP contribution in [0.2, 0.25) is 0 Å². The van der Waals surface area contributed by atoms with Crippen LogP contribution in [0.4, 0.5) is 0 Å². The summed E-state index contributed by atoms with van der Waals surface area (Å²) in [5.74, 6) is 0.429. The van der Waals surface area contributed by atoms with E-state index >= 15 is 0 Å². The molecule has 25 heavy (non-hydrogen) atoms. The number of nitrogens with zero attached hydrogens (tertiary/aromatic N) is 2. The van der Waals surface area contributed by atoms with Crippen molar-refractivity contribution >= 4 is 11.8 Å². The first-order chi connectivity index (χ1) is 12.0. The Kier molecular flexibility index (Phi) is 5.74. The smallest absolute Gasteiger partial charge is 0.226 e. The molecule has 0 spiro atoms. The van der Waals surface area contributed by atoms with Gasteiger partial charge in [0.1, 0.15) is 0 Å². The molecule has 2 amide bonds. The largest absolute Gasteiger partial charge is 0.343 e. The number of hydrogen-bond acceptors (Lipinski definition) is 3. The summed E-state index contributed by atoms with van der Waals surface area (Å²) in [6.07, 6.45) is 4.15. The highest BCUT2D eigenvalue weighted by Crippen LogP contribution is 2.32. The molecule has 136 valence electrons. The zero-order valence-corrected chi connectivity index (χ0v) is 15.1. The number of amides is 2.